The molecule has 0 unspecified atom stereocenters. The van der Waals surface area contributed by atoms with Crippen LogP contribution in [0.2, 0.25) is 0 Å². The minimum absolute atomic E-state index is 0.0414. The Morgan fingerprint density at radius 3 is 2.68 bits per heavy atom. The third kappa shape index (κ3) is 2.37. The average molecular weight is 283 g/mol. The third-order valence-corrected chi connectivity index (χ3v) is 4.47. The van der Waals surface area contributed by atoms with E-state index in [-0.39, 0.29) is 5.91 Å². The van der Waals surface area contributed by atoms with Crippen LogP contribution < -0.4 is 0 Å². The third-order valence-electron chi connectivity index (χ3n) is 3.71. The van der Waals surface area contributed by atoms with Gasteiger partial charge in [-0.2, -0.15) is 0 Å². The molecule has 0 N–H and O–H groups in total. The molecule has 7 heteroatoms. The first-order chi connectivity index (χ1) is 9.24. The molecular formula is C12H17N3O3S. The molecule has 0 aromatic carbocycles. The van der Waals surface area contributed by atoms with Crippen molar-refractivity contribution in [3.05, 3.63) is 10.6 Å². The molecule has 2 fully saturated rings. The van der Waals surface area contributed by atoms with Crippen LogP contribution in [0.3, 0.4) is 0 Å². The first kappa shape index (κ1) is 13.0. The first-order valence-electron chi connectivity index (χ1n) is 6.62. The lowest BCUT2D eigenvalue weighted by molar-refractivity contribution is -0.181. The summed E-state index contributed by atoms with van der Waals surface area (Å²) < 4.78 is 15.2. The van der Waals surface area contributed by atoms with Crippen LogP contribution in [0.5, 0.6) is 0 Å². The normalized spacial score (nSPS) is 22.1. The van der Waals surface area contributed by atoms with Crippen molar-refractivity contribution in [1.29, 1.82) is 0 Å². The topological polar surface area (TPSA) is 64.6 Å². The zero-order valence-electron chi connectivity index (χ0n) is 10.9. The van der Waals surface area contributed by atoms with Crippen LogP contribution in [0.25, 0.3) is 0 Å². The van der Waals surface area contributed by atoms with Crippen LogP contribution >= 0.6 is 11.5 Å². The largest absolute Gasteiger partial charge is 0.347 e. The van der Waals surface area contributed by atoms with E-state index in [1.54, 1.807) is 0 Å². The number of likely N-dealkylation sites (tertiary alicyclic amines) is 1. The molecule has 1 amide bonds. The van der Waals surface area contributed by atoms with E-state index in [0.29, 0.717) is 31.2 Å². The lowest BCUT2D eigenvalue weighted by atomic mass is 10.0. The van der Waals surface area contributed by atoms with Gasteiger partial charge >= 0.3 is 0 Å². The number of aryl methyl sites for hydroxylation is 1. The highest BCUT2D eigenvalue weighted by Crippen LogP contribution is 2.32. The lowest BCUT2D eigenvalue weighted by Gasteiger charge is -2.37. The van der Waals surface area contributed by atoms with Gasteiger partial charge in [-0.25, -0.2) is 0 Å². The van der Waals surface area contributed by atoms with Gasteiger partial charge in [-0.1, -0.05) is 11.4 Å². The van der Waals surface area contributed by atoms with Crippen molar-refractivity contribution in [2.45, 2.75) is 32.0 Å². The van der Waals surface area contributed by atoms with Crippen molar-refractivity contribution in [3.8, 4) is 0 Å². The molecule has 3 rings (SSSR count). The SMILES string of the molecule is CCc1nnsc1C(=O)N1CCC2(CC1)OCCO2. The minimum atomic E-state index is -0.434. The van der Waals surface area contributed by atoms with Crippen LogP contribution in [0, 0.1) is 0 Å². The van der Waals surface area contributed by atoms with Gasteiger partial charge < -0.3 is 14.4 Å². The number of piperidine rings is 1. The van der Waals surface area contributed by atoms with Crippen LogP contribution in [0.15, 0.2) is 0 Å². The van der Waals surface area contributed by atoms with Crippen molar-refractivity contribution >= 4 is 17.4 Å². The van der Waals surface area contributed by atoms with Gasteiger partial charge in [0.15, 0.2) is 5.79 Å². The smallest absolute Gasteiger partial charge is 0.267 e. The fourth-order valence-electron chi connectivity index (χ4n) is 2.58. The summed E-state index contributed by atoms with van der Waals surface area (Å²) in [6, 6.07) is 0. The molecule has 0 radical (unpaired) electrons. The van der Waals surface area contributed by atoms with Gasteiger partial charge in [0, 0.05) is 25.9 Å². The van der Waals surface area contributed by atoms with E-state index in [0.717, 1.165) is 25.0 Å². The monoisotopic (exact) mass is 283 g/mol. The maximum atomic E-state index is 12.4. The molecule has 104 valence electrons. The lowest BCUT2D eigenvalue weighted by Crippen LogP contribution is -2.47. The highest BCUT2D eigenvalue weighted by atomic mass is 32.1. The molecule has 3 heterocycles. The van der Waals surface area contributed by atoms with Gasteiger partial charge in [-0.15, -0.1) is 5.10 Å². The molecule has 1 aromatic rings. The summed E-state index contributed by atoms with van der Waals surface area (Å²) in [5, 5.41) is 3.99. The zero-order chi connectivity index (χ0) is 13.3. The molecule has 19 heavy (non-hydrogen) atoms. The predicted molar refractivity (Wildman–Crippen MR) is 69.1 cm³/mol. The standard InChI is InChI=1S/C12H17N3O3S/c1-2-9-10(19-14-13-9)11(16)15-5-3-12(4-6-15)17-7-8-18-12/h2-8H2,1H3. The van der Waals surface area contributed by atoms with E-state index >= 15 is 0 Å². The average Bonchev–Trinajstić information content (AvgIpc) is 3.08. The van der Waals surface area contributed by atoms with Gasteiger partial charge in [0.25, 0.3) is 5.91 Å². The number of carbonyl (C=O) groups excluding carboxylic acids is 1. The second-order valence-corrected chi connectivity index (χ2v) is 5.56. The summed E-state index contributed by atoms with van der Waals surface area (Å²) in [7, 11) is 0. The number of hydrogen-bond donors (Lipinski definition) is 0. The van der Waals surface area contributed by atoms with E-state index in [9.17, 15) is 4.79 Å². The maximum Gasteiger partial charge on any atom is 0.267 e. The molecule has 2 aliphatic rings. The van der Waals surface area contributed by atoms with Crippen LogP contribution in [0.1, 0.15) is 35.1 Å². The van der Waals surface area contributed by atoms with Gasteiger partial charge in [-0.3, -0.25) is 4.79 Å². The number of carbonyl (C=O) groups is 1. The molecule has 1 spiro atoms. The van der Waals surface area contributed by atoms with Crippen molar-refractivity contribution in [3.63, 3.8) is 0 Å². The van der Waals surface area contributed by atoms with Gasteiger partial charge in [0.2, 0.25) is 0 Å². The van der Waals surface area contributed by atoms with Crippen LogP contribution in [-0.4, -0.2) is 52.5 Å². The Labute approximate surface area is 115 Å². The van der Waals surface area contributed by atoms with Crippen molar-refractivity contribution < 1.29 is 14.3 Å². The Hall–Kier alpha value is -1.05. The fourth-order valence-corrected chi connectivity index (χ4v) is 3.30. The van der Waals surface area contributed by atoms with Crippen LogP contribution in [-0.2, 0) is 15.9 Å². The Balaban J connectivity index is 1.66. The molecule has 0 saturated carbocycles. The molecule has 1 aromatic heterocycles. The van der Waals surface area contributed by atoms with E-state index in [4.69, 9.17) is 9.47 Å². The van der Waals surface area contributed by atoms with Gasteiger partial charge in [0.05, 0.1) is 18.9 Å². The number of rotatable bonds is 2. The molecule has 0 bridgehead atoms. The summed E-state index contributed by atoms with van der Waals surface area (Å²) in [6.45, 7) is 4.64. The second kappa shape index (κ2) is 5.15. The van der Waals surface area contributed by atoms with Gasteiger partial charge in [0.1, 0.15) is 4.88 Å². The molecule has 0 atom stereocenters. The van der Waals surface area contributed by atoms with E-state index in [1.807, 2.05) is 11.8 Å². The van der Waals surface area contributed by atoms with E-state index < -0.39 is 5.79 Å². The van der Waals surface area contributed by atoms with E-state index in [2.05, 4.69) is 9.59 Å². The van der Waals surface area contributed by atoms with Crippen molar-refractivity contribution in [2.24, 2.45) is 0 Å². The highest BCUT2D eigenvalue weighted by Gasteiger charge is 2.41. The molecule has 2 aliphatic heterocycles. The molecule has 6 nitrogen and oxygen atoms in total. The number of nitrogens with zero attached hydrogens (tertiary/aromatic N) is 3. The fraction of sp³-hybridized carbons (Fsp3) is 0.750. The Kier molecular flexibility index (Phi) is 3.51. The molecular weight excluding hydrogens is 266 g/mol. The summed E-state index contributed by atoms with van der Waals surface area (Å²) in [6.07, 6.45) is 2.22. The Morgan fingerprint density at radius 1 is 1.37 bits per heavy atom. The maximum absolute atomic E-state index is 12.4. The highest BCUT2D eigenvalue weighted by molar-refractivity contribution is 7.08. The van der Waals surface area contributed by atoms with Crippen molar-refractivity contribution in [1.82, 2.24) is 14.5 Å². The first-order valence-corrected chi connectivity index (χ1v) is 7.40. The Morgan fingerprint density at radius 2 is 2.05 bits per heavy atom. The summed E-state index contributed by atoms with van der Waals surface area (Å²) in [5.74, 6) is -0.393. The minimum Gasteiger partial charge on any atom is -0.347 e. The summed E-state index contributed by atoms with van der Waals surface area (Å²) in [5.41, 5.74) is 0.795. The zero-order valence-corrected chi connectivity index (χ0v) is 11.7. The molecule has 0 aliphatic carbocycles. The number of aromatic nitrogens is 2. The number of ether oxygens (including phenoxy) is 2. The van der Waals surface area contributed by atoms with Gasteiger partial charge in [-0.05, 0) is 18.0 Å². The summed E-state index contributed by atoms with van der Waals surface area (Å²) in [4.78, 5) is 14.9. The van der Waals surface area contributed by atoms with Crippen LogP contribution in [0.4, 0.5) is 0 Å². The quantitative estimate of drug-likeness (QED) is 0.812. The number of amides is 1. The molecule has 2 saturated heterocycles. The van der Waals surface area contributed by atoms with Crippen molar-refractivity contribution in [2.75, 3.05) is 26.3 Å². The predicted octanol–water partition coefficient (Wildman–Crippen LogP) is 1.08. The second-order valence-electron chi connectivity index (χ2n) is 4.80. The summed E-state index contributed by atoms with van der Waals surface area (Å²) >= 11 is 1.18. The number of hydrogen-bond acceptors (Lipinski definition) is 6. The van der Waals surface area contributed by atoms with E-state index in [1.165, 1.54) is 11.5 Å². The Bertz CT molecular complexity index is 461.